The van der Waals surface area contributed by atoms with Gasteiger partial charge in [-0.25, -0.2) is 0 Å². The van der Waals surface area contributed by atoms with Gasteiger partial charge in [0.2, 0.25) is 6.79 Å². The van der Waals surface area contributed by atoms with Crippen LogP contribution in [0.15, 0.2) is 12.1 Å². The van der Waals surface area contributed by atoms with Crippen molar-refractivity contribution in [2.75, 3.05) is 6.79 Å². The Morgan fingerprint density at radius 1 is 1.39 bits per heavy atom. The second-order valence-corrected chi connectivity index (χ2v) is 4.87. The average Bonchev–Trinajstić information content (AvgIpc) is 2.81. The van der Waals surface area contributed by atoms with E-state index in [1.807, 2.05) is 0 Å². The average molecular weight is 272 g/mol. The van der Waals surface area contributed by atoms with Crippen LogP contribution in [-0.2, 0) is 0 Å². The lowest BCUT2D eigenvalue weighted by atomic mass is 9.98. The summed E-state index contributed by atoms with van der Waals surface area (Å²) in [5.74, 6) is 1.26. The number of aliphatic hydroxyl groups is 1. The van der Waals surface area contributed by atoms with Gasteiger partial charge < -0.3 is 20.3 Å². The van der Waals surface area contributed by atoms with Crippen LogP contribution in [0.25, 0.3) is 0 Å². The molecule has 1 aliphatic heterocycles. The van der Waals surface area contributed by atoms with Gasteiger partial charge >= 0.3 is 0 Å². The number of fused-ring (bicyclic) bond motifs is 1. The molecule has 5 heteroatoms. The number of aliphatic hydroxyl groups excluding tert-OH is 1. The molecule has 2 atom stereocenters. The van der Waals surface area contributed by atoms with Crippen molar-refractivity contribution in [3.8, 4) is 11.5 Å². The number of nitrogens with two attached hydrogens (primary N) is 1. The number of halogens is 1. The minimum atomic E-state index is -0.595. The molecule has 0 bridgehead atoms. The third kappa shape index (κ3) is 2.71. The lowest BCUT2D eigenvalue weighted by Gasteiger charge is -2.20. The van der Waals surface area contributed by atoms with E-state index in [9.17, 15) is 5.11 Å². The van der Waals surface area contributed by atoms with Crippen LogP contribution < -0.4 is 15.2 Å². The Balaban J connectivity index is 2.17. The molecule has 4 nitrogen and oxygen atoms in total. The second-order valence-electron chi connectivity index (χ2n) is 4.46. The summed E-state index contributed by atoms with van der Waals surface area (Å²) >= 11 is 6.15. The zero-order valence-electron chi connectivity index (χ0n) is 10.4. The van der Waals surface area contributed by atoms with E-state index in [4.69, 9.17) is 26.8 Å². The smallest absolute Gasteiger partial charge is 0.231 e. The molecule has 3 N–H and O–H groups in total. The van der Waals surface area contributed by atoms with E-state index in [0.29, 0.717) is 28.5 Å². The first-order chi connectivity index (χ1) is 8.63. The van der Waals surface area contributed by atoms with Crippen molar-refractivity contribution in [3.05, 3.63) is 22.7 Å². The molecule has 1 aromatic rings. The summed E-state index contributed by atoms with van der Waals surface area (Å²) in [6.45, 7) is 2.27. The number of benzene rings is 1. The zero-order chi connectivity index (χ0) is 13.1. The minimum absolute atomic E-state index is 0.197. The molecule has 0 unspecified atom stereocenters. The van der Waals surface area contributed by atoms with Gasteiger partial charge in [0.15, 0.2) is 11.5 Å². The minimum Gasteiger partial charge on any atom is -0.454 e. The third-order valence-corrected chi connectivity index (χ3v) is 3.45. The Kier molecular flexibility index (Phi) is 4.32. The van der Waals surface area contributed by atoms with Crippen molar-refractivity contribution in [2.24, 2.45) is 5.73 Å². The quantitative estimate of drug-likeness (QED) is 0.864. The second kappa shape index (κ2) is 5.78. The largest absolute Gasteiger partial charge is 0.454 e. The Morgan fingerprint density at radius 2 is 2.06 bits per heavy atom. The van der Waals surface area contributed by atoms with Crippen molar-refractivity contribution < 1.29 is 14.6 Å². The highest BCUT2D eigenvalue weighted by Gasteiger charge is 2.23. The molecule has 0 saturated carbocycles. The highest BCUT2D eigenvalue weighted by molar-refractivity contribution is 6.31. The Hall–Kier alpha value is -0.970. The van der Waals surface area contributed by atoms with E-state index in [2.05, 4.69) is 6.92 Å². The molecule has 0 fully saturated rings. The van der Waals surface area contributed by atoms with Crippen LogP contribution in [0.2, 0.25) is 5.02 Å². The first kappa shape index (κ1) is 13.5. The van der Waals surface area contributed by atoms with Gasteiger partial charge in [-0.05, 0) is 18.1 Å². The van der Waals surface area contributed by atoms with E-state index in [-0.39, 0.29) is 6.79 Å². The summed E-state index contributed by atoms with van der Waals surface area (Å²) in [4.78, 5) is 0. The number of hydrogen-bond donors (Lipinski definition) is 2. The summed E-state index contributed by atoms with van der Waals surface area (Å²) in [5.41, 5.74) is 6.74. The fraction of sp³-hybridized carbons (Fsp3) is 0.538. The lowest BCUT2D eigenvalue weighted by Crippen LogP contribution is -2.26. The van der Waals surface area contributed by atoms with Crippen molar-refractivity contribution in [3.63, 3.8) is 0 Å². The zero-order valence-corrected chi connectivity index (χ0v) is 11.1. The van der Waals surface area contributed by atoms with Crippen LogP contribution in [0.4, 0.5) is 0 Å². The predicted molar refractivity (Wildman–Crippen MR) is 70.0 cm³/mol. The number of unbranched alkanes of at least 4 members (excludes halogenated alkanes) is 1. The van der Waals surface area contributed by atoms with Crippen LogP contribution in [0.1, 0.15) is 37.8 Å². The monoisotopic (exact) mass is 271 g/mol. The number of ether oxygens (including phenoxy) is 2. The fourth-order valence-corrected chi connectivity index (χ4v) is 2.27. The van der Waals surface area contributed by atoms with Gasteiger partial charge in [0.1, 0.15) is 0 Å². The highest BCUT2D eigenvalue weighted by Crippen LogP contribution is 2.39. The van der Waals surface area contributed by atoms with Crippen LogP contribution in [0.3, 0.4) is 0 Å². The summed E-state index contributed by atoms with van der Waals surface area (Å²) in [5, 5.41) is 10.5. The molecule has 0 radical (unpaired) electrons. The van der Waals surface area contributed by atoms with Crippen LogP contribution in [-0.4, -0.2) is 18.0 Å². The maximum atomic E-state index is 10.0. The molecule has 0 amide bonds. The Labute approximate surface area is 112 Å². The Bertz CT molecular complexity index is 425. The molecule has 0 aromatic heterocycles. The molecule has 0 aliphatic carbocycles. The summed E-state index contributed by atoms with van der Waals surface area (Å²) < 4.78 is 10.5. The van der Waals surface area contributed by atoms with Crippen LogP contribution >= 0.6 is 11.6 Å². The number of hydrogen-bond acceptors (Lipinski definition) is 4. The van der Waals surface area contributed by atoms with E-state index in [0.717, 1.165) is 12.8 Å². The maximum Gasteiger partial charge on any atom is 0.231 e. The number of rotatable bonds is 5. The molecule has 18 heavy (non-hydrogen) atoms. The topological polar surface area (TPSA) is 64.7 Å². The fourth-order valence-electron chi connectivity index (χ4n) is 1.99. The molecular weight excluding hydrogens is 254 g/mol. The van der Waals surface area contributed by atoms with E-state index in [1.54, 1.807) is 12.1 Å². The predicted octanol–water partition coefficient (Wildman–Crippen LogP) is 2.62. The highest BCUT2D eigenvalue weighted by atomic mass is 35.5. The molecule has 1 aliphatic rings. The molecular formula is C13H18ClNO3. The van der Waals surface area contributed by atoms with E-state index < -0.39 is 12.1 Å². The molecule has 0 spiro atoms. The van der Waals surface area contributed by atoms with Gasteiger partial charge in [0.25, 0.3) is 0 Å². The van der Waals surface area contributed by atoms with Gasteiger partial charge in [-0.15, -0.1) is 0 Å². The van der Waals surface area contributed by atoms with Gasteiger partial charge in [-0.2, -0.15) is 0 Å². The standard InChI is InChI=1S/C13H18ClNO3/c1-2-3-4-10(16)13(15)8-5-11-12(6-9(8)14)18-7-17-11/h5-6,10,13,16H,2-4,7,15H2,1H3/t10-,13+/m1/s1. The summed E-state index contributed by atoms with van der Waals surface area (Å²) in [6.07, 6.45) is 2.04. The molecule has 1 aromatic carbocycles. The van der Waals surface area contributed by atoms with Crippen LogP contribution in [0, 0.1) is 0 Å². The summed E-state index contributed by atoms with van der Waals surface area (Å²) in [7, 11) is 0. The van der Waals surface area contributed by atoms with Crippen molar-refractivity contribution in [2.45, 2.75) is 38.3 Å². The molecule has 2 rings (SSSR count). The van der Waals surface area contributed by atoms with Gasteiger partial charge in [-0.1, -0.05) is 31.4 Å². The van der Waals surface area contributed by atoms with Crippen molar-refractivity contribution in [1.29, 1.82) is 0 Å². The van der Waals surface area contributed by atoms with Gasteiger partial charge in [0.05, 0.1) is 12.1 Å². The maximum absolute atomic E-state index is 10.0. The van der Waals surface area contributed by atoms with E-state index in [1.165, 1.54) is 0 Å². The first-order valence-electron chi connectivity index (χ1n) is 6.16. The van der Waals surface area contributed by atoms with Gasteiger partial charge in [0, 0.05) is 11.1 Å². The SMILES string of the molecule is CCCC[C@@H](O)[C@@H](N)c1cc2c(cc1Cl)OCO2. The first-order valence-corrected chi connectivity index (χ1v) is 6.54. The van der Waals surface area contributed by atoms with Crippen LogP contribution in [0.5, 0.6) is 11.5 Å². The molecule has 1 heterocycles. The van der Waals surface area contributed by atoms with Crippen molar-refractivity contribution >= 4 is 11.6 Å². The summed E-state index contributed by atoms with van der Waals surface area (Å²) in [6, 6.07) is 2.94. The Morgan fingerprint density at radius 3 is 2.72 bits per heavy atom. The van der Waals surface area contributed by atoms with E-state index >= 15 is 0 Å². The third-order valence-electron chi connectivity index (χ3n) is 3.12. The molecule has 100 valence electrons. The normalized spacial score (nSPS) is 16.7. The van der Waals surface area contributed by atoms with Gasteiger partial charge in [-0.3, -0.25) is 0 Å². The van der Waals surface area contributed by atoms with Crippen molar-refractivity contribution in [1.82, 2.24) is 0 Å². The molecule has 0 saturated heterocycles. The lowest BCUT2D eigenvalue weighted by molar-refractivity contribution is 0.132.